The first-order valence-electron chi connectivity index (χ1n) is 9.12. The van der Waals surface area contributed by atoms with Crippen molar-refractivity contribution in [2.24, 2.45) is 5.92 Å². The third-order valence-electron chi connectivity index (χ3n) is 4.69. The highest BCUT2D eigenvalue weighted by atomic mass is 19.1. The van der Waals surface area contributed by atoms with Crippen LogP contribution in [-0.2, 0) is 17.9 Å². The standard InChI is InChI=1S/C21H18FN5O2/c22-17-9-16(5-6-19(17)29-18-4-2-1-3-14(18)10-23)26-21(28)15-11-24-12-20-25-7-8-27(20)13-15/h1-9,15,24H,11-13H2,(H,26,28). The maximum absolute atomic E-state index is 14.5. The number of carbonyl (C=O) groups is 1. The van der Waals surface area contributed by atoms with Crippen molar-refractivity contribution in [3.63, 3.8) is 0 Å². The Morgan fingerprint density at radius 3 is 3.00 bits per heavy atom. The second kappa shape index (κ2) is 8.12. The van der Waals surface area contributed by atoms with Gasteiger partial charge in [-0.3, -0.25) is 4.79 Å². The highest BCUT2D eigenvalue weighted by Crippen LogP contribution is 2.29. The van der Waals surface area contributed by atoms with Crippen molar-refractivity contribution in [3.05, 3.63) is 72.1 Å². The molecule has 0 fully saturated rings. The normalized spacial score (nSPS) is 15.7. The molecule has 1 unspecified atom stereocenters. The number of benzene rings is 2. The summed E-state index contributed by atoms with van der Waals surface area (Å²) in [5.74, 6) is -0.0259. The van der Waals surface area contributed by atoms with Crippen LogP contribution < -0.4 is 15.4 Å². The quantitative estimate of drug-likeness (QED) is 0.713. The number of amides is 1. The molecule has 29 heavy (non-hydrogen) atoms. The molecule has 7 nitrogen and oxygen atoms in total. The van der Waals surface area contributed by atoms with E-state index >= 15 is 0 Å². The molecule has 0 spiro atoms. The van der Waals surface area contributed by atoms with Gasteiger partial charge < -0.3 is 19.9 Å². The van der Waals surface area contributed by atoms with Crippen molar-refractivity contribution in [1.82, 2.24) is 14.9 Å². The molecule has 0 aliphatic carbocycles. The van der Waals surface area contributed by atoms with Crippen molar-refractivity contribution in [2.45, 2.75) is 13.1 Å². The lowest BCUT2D eigenvalue weighted by Gasteiger charge is -2.16. The van der Waals surface area contributed by atoms with Gasteiger partial charge in [0.05, 0.1) is 18.0 Å². The Labute approximate surface area is 166 Å². The molecule has 1 aromatic heterocycles. The summed E-state index contributed by atoms with van der Waals surface area (Å²) < 4.78 is 22.0. The Kier molecular flexibility index (Phi) is 5.22. The Morgan fingerprint density at radius 2 is 2.17 bits per heavy atom. The van der Waals surface area contributed by atoms with E-state index < -0.39 is 5.82 Å². The van der Waals surface area contributed by atoms with Crippen molar-refractivity contribution >= 4 is 11.6 Å². The van der Waals surface area contributed by atoms with E-state index in [1.165, 1.54) is 12.1 Å². The predicted octanol–water partition coefficient (Wildman–Crippen LogP) is 3.04. The molecule has 1 amide bonds. The van der Waals surface area contributed by atoms with Gasteiger partial charge in [0.25, 0.3) is 0 Å². The summed E-state index contributed by atoms with van der Waals surface area (Å²) in [7, 11) is 0. The van der Waals surface area contributed by atoms with E-state index in [0.717, 1.165) is 5.82 Å². The first kappa shape index (κ1) is 18.7. The highest BCUT2D eigenvalue weighted by molar-refractivity contribution is 5.92. The molecule has 8 heteroatoms. The van der Waals surface area contributed by atoms with Gasteiger partial charge in [0.1, 0.15) is 17.6 Å². The number of fused-ring (bicyclic) bond motifs is 1. The second-order valence-electron chi connectivity index (χ2n) is 6.67. The smallest absolute Gasteiger partial charge is 0.230 e. The number of imidazole rings is 1. The minimum absolute atomic E-state index is 0.0233. The van der Waals surface area contributed by atoms with Gasteiger partial charge in [-0.05, 0) is 24.3 Å². The van der Waals surface area contributed by atoms with E-state index in [0.29, 0.717) is 30.9 Å². The Bertz CT molecular complexity index is 1090. The lowest BCUT2D eigenvalue weighted by molar-refractivity contribution is -0.120. The molecule has 1 aliphatic rings. The first-order chi connectivity index (χ1) is 14.1. The Hall–Kier alpha value is -3.70. The van der Waals surface area contributed by atoms with Crippen LogP contribution in [0.15, 0.2) is 54.9 Å². The van der Waals surface area contributed by atoms with Crippen LogP contribution in [-0.4, -0.2) is 22.0 Å². The van der Waals surface area contributed by atoms with Crippen LogP contribution in [0.1, 0.15) is 11.4 Å². The van der Waals surface area contributed by atoms with Crippen LogP contribution in [0.4, 0.5) is 10.1 Å². The number of para-hydroxylation sites is 1. The zero-order chi connectivity index (χ0) is 20.2. The number of carbonyl (C=O) groups excluding carboxylic acids is 1. The van der Waals surface area contributed by atoms with Crippen LogP contribution in [0.5, 0.6) is 11.5 Å². The average molecular weight is 391 g/mol. The number of nitriles is 1. The van der Waals surface area contributed by atoms with E-state index in [-0.39, 0.29) is 23.3 Å². The molecule has 3 aromatic rings. The van der Waals surface area contributed by atoms with Crippen LogP contribution >= 0.6 is 0 Å². The minimum atomic E-state index is -0.633. The second-order valence-corrected chi connectivity index (χ2v) is 6.67. The van der Waals surface area contributed by atoms with Gasteiger partial charge in [0.15, 0.2) is 11.6 Å². The lowest BCUT2D eigenvalue weighted by atomic mass is 10.1. The fourth-order valence-corrected chi connectivity index (χ4v) is 3.18. The molecular weight excluding hydrogens is 373 g/mol. The largest absolute Gasteiger partial charge is 0.453 e. The van der Waals surface area contributed by atoms with Crippen LogP contribution in [0.3, 0.4) is 0 Å². The molecule has 4 rings (SSSR count). The monoisotopic (exact) mass is 391 g/mol. The third kappa shape index (κ3) is 4.10. The number of nitrogens with one attached hydrogen (secondary N) is 2. The molecule has 0 saturated carbocycles. The van der Waals surface area contributed by atoms with Crippen LogP contribution in [0.2, 0.25) is 0 Å². The van der Waals surface area contributed by atoms with Gasteiger partial charge in [-0.1, -0.05) is 12.1 Å². The fraction of sp³-hybridized carbons (Fsp3) is 0.190. The topological polar surface area (TPSA) is 92.0 Å². The van der Waals surface area contributed by atoms with Crippen molar-refractivity contribution in [1.29, 1.82) is 5.26 Å². The van der Waals surface area contributed by atoms with Gasteiger partial charge in [-0.2, -0.15) is 5.26 Å². The molecule has 0 saturated heterocycles. The SMILES string of the molecule is N#Cc1ccccc1Oc1ccc(NC(=O)C2CNCc3nccn3C2)cc1F. The molecule has 0 bridgehead atoms. The maximum atomic E-state index is 14.5. The van der Waals surface area contributed by atoms with Crippen LogP contribution in [0, 0.1) is 23.1 Å². The molecular formula is C21H18FN5O2. The summed E-state index contributed by atoms with van der Waals surface area (Å²) >= 11 is 0. The number of rotatable bonds is 4. The van der Waals surface area contributed by atoms with E-state index in [1.54, 1.807) is 36.5 Å². The van der Waals surface area contributed by atoms with Gasteiger partial charge in [-0.25, -0.2) is 9.37 Å². The van der Waals surface area contributed by atoms with E-state index in [4.69, 9.17) is 10.00 Å². The van der Waals surface area contributed by atoms with Crippen molar-refractivity contribution in [3.8, 4) is 17.6 Å². The van der Waals surface area contributed by atoms with E-state index in [1.807, 2.05) is 16.8 Å². The number of anilines is 1. The summed E-state index contributed by atoms with van der Waals surface area (Å²) in [5, 5.41) is 15.1. The summed E-state index contributed by atoms with van der Waals surface area (Å²) in [6, 6.07) is 12.8. The zero-order valence-corrected chi connectivity index (χ0v) is 15.4. The van der Waals surface area contributed by atoms with E-state index in [2.05, 4.69) is 15.6 Å². The zero-order valence-electron chi connectivity index (χ0n) is 15.4. The number of hydrogen-bond acceptors (Lipinski definition) is 5. The highest BCUT2D eigenvalue weighted by Gasteiger charge is 2.23. The number of hydrogen-bond donors (Lipinski definition) is 2. The number of nitrogens with zero attached hydrogens (tertiary/aromatic N) is 3. The molecule has 2 aromatic carbocycles. The number of halogens is 1. The van der Waals surface area contributed by atoms with Crippen LogP contribution in [0.25, 0.3) is 0 Å². The van der Waals surface area contributed by atoms with Gasteiger partial charge in [-0.15, -0.1) is 0 Å². The fourth-order valence-electron chi connectivity index (χ4n) is 3.18. The summed E-state index contributed by atoms with van der Waals surface area (Å²) in [5.41, 5.74) is 0.646. The number of aromatic nitrogens is 2. The predicted molar refractivity (Wildman–Crippen MR) is 104 cm³/mol. The summed E-state index contributed by atoms with van der Waals surface area (Å²) in [6.45, 7) is 1.61. The van der Waals surface area contributed by atoms with Gasteiger partial charge in [0.2, 0.25) is 5.91 Å². The molecule has 1 atom stereocenters. The van der Waals surface area contributed by atoms with Crippen molar-refractivity contribution < 1.29 is 13.9 Å². The average Bonchev–Trinajstić information content (AvgIpc) is 3.06. The molecule has 2 N–H and O–H groups in total. The molecule has 1 aliphatic heterocycles. The maximum Gasteiger partial charge on any atom is 0.230 e. The van der Waals surface area contributed by atoms with Gasteiger partial charge >= 0.3 is 0 Å². The Morgan fingerprint density at radius 1 is 1.31 bits per heavy atom. The summed E-state index contributed by atoms with van der Waals surface area (Å²) in [6.07, 6.45) is 3.54. The van der Waals surface area contributed by atoms with Gasteiger partial charge in [0, 0.05) is 37.2 Å². The van der Waals surface area contributed by atoms with Crippen molar-refractivity contribution in [2.75, 3.05) is 11.9 Å². The number of ether oxygens (including phenoxy) is 1. The Balaban J connectivity index is 1.45. The molecule has 0 radical (unpaired) electrons. The molecule has 146 valence electrons. The lowest BCUT2D eigenvalue weighted by Crippen LogP contribution is -2.32. The summed E-state index contributed by atoms with van der Waals surface area (Å²) in [4.78, 5) is 16.9. The van der Waals surface area contributed by atoms with E-state index in [9.17, 15) is 9.18 Å². The molecule has 2 heterocycles. The third-order valence-corrected chi connectivity index (χ3v) is 4.69. The first-order valence-corrected chi connectivity index (χ1v) is 9.12. The minimum Gasteiger partial charge on any atom is -0.453 e.